The zero-order valence-corrected chi connectivity index (χ0v) is 18.4. The van der Waals surface area contributed by atoms with Crippen molar-refractivity contribution >= 4 is 33.0 Å². The molecule has 1 N–H and O–H groups in total. The van der Waals surface area contributed by atoms with Crippen molar-refractivity contribution in [1.82, 2.24) is 14.9 Å². The van der Waals surface area contributed by atoms with Gasteiger partial charge in [0.25, 0.3) is 10.0 Å². The molecule has 0 saturated heterocycles. The van der Waals surface area contributed by atoms with Crippen molar-refractivity contribution in [2.75, 3.05) is 10.8 Å². The summed E-state index contributed by atoms with van der Waals surface area (Å²) in [6.45, 7) is -0.346. The molecule has 4 rings (SSSR count). The first-order valence-corrected chi connectivity index (χ1v) is 11.9. The lowest BCUT2D eigenvalue weighted by Gasteiger charge is -2.23. The van der Waals surface area contributed by atoms with E-state index in [9.17, 15) is 17.6 Å². The Labute approximate surface area is 188 Å². The number of anilines is 1. The number of nitrogens with one attached hydrogen (secondary N) is 1. The number of halogens is 1. The van der Waals surface area contributed by atoms with Crippen molar-refractivity contribution in [3.63, 3.8) is 0 Å². The number of thiophene rings is 1. The molecule has 0 aliphatic heterocycles. The first kappa shape index (κ1) is 21.7. The summed E-state index contributed by atoms with van der Waals surface area (Å²) < 4.78 is 43.3. The second kappa shape index (κ2) is 9.33. The van der Waals surface area contributed by atoms with Crippen molar-refractivity contribution in [3.05, 3.63) is 96.1 Å². The molecule has 32 heavy (non-hydrogen) atoms. The zero-order valence-electron chi connectivity index (χ0n) is 16.8. The van der Waals surface area contributed by atoms with Crippen molar-refractivity contribution in [2.45, 2.75) is 10.8 Å². The van der Waals surface area contributed by atoms with Gasteiger partial charge in [-0.05, 0) is 41.3 Å². The highest BCUT2D eigenvalue weighted by atomic mass is 32.2. The molecule has 0 bridgehead atoms. The van der Waals surface area contributed by atoms with Crippen LogP contribution in [0.15, 0.2) is 89.0 Å². The second-order valence-corrected chi connectivity index (χ2v) is 9.85. The molecule has 164 valence electrons. The first-order chi connectivity index (χ1) is 15.4. The minimum Gasteiger partial charge on any atom is -0.350 e. The first-order valence-electron chi connectivity index (χ1n) is 9.60. The molecule has 0 atom stereocenters. The minimum atomic E-state index is -4.10. The van der Waals surface area contributed by atoms with Gasteiger partial charge in [0, 0.05) is 24.6 Å². The van der Waals surface area contributed by atoms with Gasteiger partial charge in [-0.3, -0.25) is 9.10 Å². The van der Waals surface area contributed by atoms with E-state index >= 15 is 0 Å². The predicted octanol–water partition coefficient (Wildman–Crippen LogP) is 3.58. The summed E-state index contributed by atoms with van der Waals surface area (Å²) in [4.78, 5) is 16.6. The number of para-hydroxylation sites is 1. The number of amides is 1. The Balaban J connectivity index is 1.49. The van der Waals surface area contributed by atoms with Crippen LogP contribution in [0.25, 0.3) is 5.69 Å². The molecule has 7 nitrogen and oxygen atoms in total. The number of carbonyl (C=O) groups excluding carboxylic acids is 1. The van der Waals surface area contributed by atoms with Crippen molar-refractivity contribution in [2.24, 2.45) is 0 Å². The lowest BCUT2D eigenvalue weighted by molar-refractivity contribution is -0.119. The molecule has 0 spiro atoms. The third-order valence-electron chi connectivity index (χ3n) is 4.68. The Hall–Kier alpha value is -3.50. The fourth-order valence-corrected chi connectivity index (χ4v) is 5.59. The van der Waals surface area contributed by atoms with Crippen LogP contribution in [-0.4, -0.2) is 30.4 Å². The van der Waals surface area contributed by atoms with E-state index in [-0.39, 0.29) is 16.4 Å². The fraction of sp³-hybridized carbons (Fsp3) is 0.0909. The monoisotopic (exact) mass is 470 g/mol. The quantitative estimate of drug-likeness (QED) is 0.427. The van der Waals surface area contributed by atoms with Crippen LogP contribution in [0.5, 0.6) is 0 Å². The summed E-state index contributed by atoms with van der Waals surface area (Å²) in [6, 6.07) is 16.0. The molecular weight excluding hydrogens is 451 g/mol. The summed E-state index contributed by atoms with van der Waals surface area (Å²) in [5.41, 5.74) is 1.58. The molecule has 10 heteroatoms. The van der Waals surface area contributed by atoms with E-state index in [1.807, 2.05) is 35.0 Å². The van der Waals surface area contributed by atoms with Crippen LogP contribution in [-0.2, 0) is 21.4 Å². The molecule has 2 heterocycles. The number of aromatic nitrogens is 2. The highest BCUT2D eigenvalue weighted by molar-refractivity contribution is 7.94. The van der Waals surface area contributed by atoms with Gasteiger partial charge in [-0.2, -0.15) is 0 Å². The Morgan fingerprint density at radius 3 is 2.53 bits per heavy atom. The highest BCUT2D eigenvalue weighted by Crippen LogP contribution is 2.28. The van der Waals surface area contributed by atoms with E-state index < -0.39 is 28.3 Å². The zero-order chi connectivity index (χ0) is 22.6. The van der Waals surface area contributed by atoms with Gasteiger partial charge in [0.1, 0.15) is 16.6 Å². The maximum atomic E-state index is 14.4. The van der Waals surface area contributed by atoms with Crippen LogP contribution in [0, 0.1) is 5.82 Å². The topological polar surface area (TPSA) is 84.3 Å². The number of rotatable bonds is 8. The highest BCUT2D eigenvalue weighted by Gasteiger charge is 2.29. The second-order valence-electron chi connectivity index (χ2n) is 6.81. The summed E-state index contributed by atoms with van der Waals surface area (Å²) in [5, 5.41) is 4.32. The van der Waals surface area contributed by atoms with Crippen molar-refractivity contribution in [1.29, 1.82) is 0 Å². The molecule has 0 saturated carbocycles. The number of sulfonamides is 1. The van der Waals surface area contributed by atoms with Gasteiger partial charge in [-0.15, -0.1) is 11.3 Å². The van der Waals surface area contributed by atoms with Crippen LogP contribution in [0.4, 0.5) is 10.1 Å². The molecule has 4 aromatic rings. The minimum absolute atomic E-state index is 0.0312. The summed E-state index contributed by atoms with van der Waals surface area (Å²) in [6.07, 6.45) is 5.18. The molecule has 2 aromatic heterocycles. The molecule has 0 aliphatic carbocycles. The number of hydrogen-bond acceptors (Lipinski definition) is 5. The van der Waals surface area contributed by atoms with Crippen LogP contribution in [0.3, 0.4) is 0 Å². The molecule has 1 amide bonds. The van der Waals surface area contributed by atoms with E-state index in [4.69, 9.17) is 0 Å². The number of imidazole rings is 1. The molecule has 0 aliphatic rings. The fourth-order valence-electron chi connectivity index (χ4n) is 3.06. The van der Waals surface area contributed by atoms with E-state index in [1.165, 1.54) is 24.3 Å². The molecule has 0 unspecified atom stereocenters. The average Bonchev–Trinajstić information content (AvgIpc) is 3.52. The number of hydrogen-bond donors (Lipinski definition) is 1. The van der Waals surface area contributed by atoms with Gasteiger partial charge in [0.15, 0.2) is 0 Å². The van der Waals surface area contributed by atoms with Crippen LogP contribution >= 0.6 is 11.3 Å². The summed E-state index contributed by atoms with van der Waals surface area (Å²) in [7, 11) is -4.10. The summed E-state index contributed by atoms with van der Waals surface area (Å²) >= 11 is 1.01. The van der Waals surface area contributed by atoms with E-state index in [2.05, 4.69) is 10.3 Å². The Morgan fingerprint density at radius 1 is 1.09 bits per heavy atom. The van der Waals surface area contributed by atoms with Gasteiger partial charge in [0.05, 0.1) is 12.0 Å². The average molecular weight is 471 g/mol. The summed E-state index contributed by atoms with van der Waals surface area (Å²) in [5.74, 6) is -1.28. The van der Waals surface area contributed by atoms with E-state index in [0.29, 0.717) is 0 Å². The number of benzene rings is 2. The van der Waals surface area contributed by atoms with Crippen LogP contribution in [0.2, 0.25) is 0 Å². The molecule has 0 radical (unpaired) electrons. The smallest absolute Gasteiger partial charge is 0.274 e. The largest absolute Gasteiger partial charge is 0.350 e. The van der Waals surface area contributed by atoms with Crippen LogP contribution in [0.1, 0.15) is 5.56 Å². The van der Waals surface area contributed by atoms with Gasteiger partial charge < -0.3 is 9.88 Å². The third-order valence-corrected chi connectivity index (χ3v) is 7.81. The van der Waals surface area contributed by atoms with Crippen molar-refractivity contribution in [3.8, 4) is 5.69 Å². The number of carbonyl (C=O) groups is 1. The molecule has 0 fully saturated rings. The SMILES string of the molecule is O=C(CN(c1ccccc1F)S(=O)(=O)c1cccs1)NCc1ccc(-n2ccnc2)cc1. The predicted molar refractivity (Wildman–Crippen MR) is 121 cm³/mol. The Kier molecular flexibility index (Phi) is 6.33. The Bertz CT molecular complexity index is 1290. The Morgan fingerprint density at radius 2 is 1.88 bits per heavy atom. The lowest BCUT2D eigenvalue weighted by Crippen LogP contribution is -2.40. The van der Waals surface area contributed by atoms with Gasteiger partial charge >= 0.3 is 0 Å². The number of nitrogens with zero attached hydrogens (tertiary/aromatic N) is 3. The maximum absolute atomic E-state index is 14.4. The van der Waals surface area contributed by atoms with E-state index in [1.54, 1.807) is 24.0 Å². The van der Waals surface area contributed by atoms with Gasteiger partial charge in [-0.1, -0.05) is 30.3 Å². The van der Waals surface area contributed by atoms with E-state index in [0.717, 1.165) is 33.0 Å². The van der Waals surface area contributed by atoms with Gasteiger partial charge in [0.2, 0.25) is 5.91 Å². The van der Waals surface area contributed by atoms with Crippen LogP contribution < -0.4 is 9.62 Å². The lowest BCUT2D eigenvalue weighted by atomic mass is 10.2. The maximum Gasteiger partial charge on any atom is 0.274 e. The molecular formula is C22H19FN4O3S2. The van der Waals surface area contributed by atoms with Crippen molar-refractivity contribution < 1.29 is 17.6 Å². The standard InChI is InChI=1S/C22H19FN4O3S2/c23-19-4-1-2-5-20(19)27(32(29,30)22-6-3-13-31-22)15-21(28)25-14-17-7-9-18(10-8-17)26-12-11-24-16-26/h1-13,16H,14-15H2,(H,25,28). The molecule has 2 aromatic carbocycles. The third kappa shape index (κ3) is 4.71. The normalized spacial score (nSPS) is 11.3. The van der Waals surface area contributed by atoms with Gasteiger partial charge in [-0.25, -0.2) is 17.8 Å².